The molecule has 2 aromatic carbocycles. The third-order valence-electron chi connectivity index (χ3n) is 5.44. The predicted molar refractivity (Wildman–Crippen MR) is 118 cm³/mol. The van der Waals surface area contributed by atoms with Crippen molar-refractivity contribution in [3.8, 4) is 5.75 Å². The van der Waals surface area contributed by atoms with Gasteiger partial charge in [-0.05, 0) is 41.8 Å². The molecule has 2 amide bonds. The molecule has 1 spiro atoms. The van der Waals surface area contributed by atoms with Gasteiger partial charge in [0.15, 0.2) is 12.4 Å². The van der Waals surface area contributed by atoms with E-state index >= 15 is 0 Å². The highest BCUT2D eigenvalue weighted by molar-refractivity contribution is 7.12. The van der Waals surface area contributed by atoms with Gasteiger partial charge in [-0.2, -0.15) is 0 Å². The number of hydrogen-bond acceptors (Lipinski definition) is 7. The standard InChI is InChI=1S/C23H17N3O5S/c24-18(27)12-30-14-9-7-13(8-10-14)20-19(21(28)17-6-3-11-32-17)23(31-26-20)15-4-1-2-5-16(15)25-22(23)29/h1-11,19H,12H2,(H2,24,27)(H,25,29)/t19-,23-/m0/s1. The first-order chi connectivity index (χ1) is 15.5. The SMILES string of the molecule is NC(=O)COc1ccc(C2=NO[C@]3(C(=O)Nc4ccccc43)[C@@H]2C(=O)c2cccs2)cc1. The van der Waals surface area contributed by atoms with Gasteiger partial charge in [0.2, 0.25) is 0 Å². The third-order valence-corrected chi connectivity index (χ3v) is 6.32. The molecule has 0 saturated heterocycles. The van der Waals surface area contributed by atoms with Crippen molar-refractivity contribution in [1.82, 2.24) is 0 Å². The van der Waals surface area contributed by atoms with Crippen LogP contribution in [0, 0.1) is 5.92 Å². The maximum Gasteiger partial charge on any atom is 0.277 e. The number of carbonyl (C=O) groups excluding carboxylic acids is 3. The number of ether oxygens (including phenoxy) is 1. The van der Waals surface area contributed by atoms with Gasteiger partial charge < -0.3 is 20.6 Å². The molecule has 3 heterocycles. The summed E-state index contributed by atoms with van der Waals surface area (Å²) in [7, 11) is 0. The molecule has 3 N–H and O–H groups in total. The van der Waals surface area contributed by atoms with Crippen LogP contribution in [-0.4, -0.2) is 29.9 Å². The second kappa shape index (κ2) is 7.61. The van der Waals surface area contributed by atoms with Crippen LogP contribution in [0.3, 0.4) is 0 Å². The Labute approximate surface area is 186 Å². The van der Waals surface area contributed by atoms with Crippen molar-refractivity contribution in [3.05, 3.63) is 82.0 Å². The minimum Gasteiger partial charge on any atom is -0.484 e. The first-order valence-electron chi connectivity index (χ1n) is 9.77. The normalized spacial score (nSPS) is 20.9. The van der Waals surface area contributed by atoms with Gasteiger partial charge in [0.25, 0.3) is 17.4 Å². The Morgan fingerprint density at radius 1 is 1.12 bits per heavy atom. The molecule has 1 aromatic heterocycles. The fraction of sp³-hybridized carbons (Fsp3) is 0.130. The van der Waals surface area contributed by atoms with Crippen LogP contribution in [0.25, 0.3) is 0 Å². The molecule has 2 atom stereocenters. The first kappa shape index (κ1) is 20.0. The van der Waals surface area contributed by atoms with E-state index in [0.29, 0.717) is 33.2 Å². The largest absolute Gasteiger partial charge is 0.484 e. The molecular weight excluding hydrogens is 430 g/mol. The molecule has 0 fully saturated rings. The van der Waals surface area contributed by atoms with E-state index in [9.17, 15) is 14.4 Å². The van der Waals surface area contributed by atoms with Crippen molar-refractivity contribution in [3.63, 3.8) is 0 Å². The fourth-order valence-corrected chi connectivity index (χ4v) is 4.71. The highest BCUT2D eigenvalue weighted by Crippen LogP contribution is 2.50. The Bertz CT molecular complexity index is 1250. The number of fused-ring (bicyclic) bond motifs is 2. The average molecular weight is 447 g/mol. The topological polar surface area (TPSA) is 120 Å². The highest BCUT2D eigenvalue weighted by Gasteiger charge is 2.63. The lowest BCUT2D eigenvalue weighted by atomic mass is 9.75. The van der Waals surface area contributed by atoms with E-state index in [1.165, 1.54) is 11.3 Å². The summed E-state index contributed by atoms with van der Waals surface area (Å²) in [4.78, 5) is 44.1. The number of nitrogens with two attached hydrogens (primary N) is 1. The Kier molecular flexibility index (Phi) is 4.75. The molecule has 9 heteroatoms. The molecule has 2 aliphatic heterocycles. The maximum atomic E-state index is 13.6. The van der Waals surface area contributed by atoms with Crippen LogP contribution < -0.4 is 15.8 Å². The molecule has 160 valence electrons. The second-order valence-electron chi connectivity index (χ2n) is 7.36. The number of primary amides is 1. The van der Waals surface area contributed by atoms with Crippen LogP contribution in [0.15, 0.2) is 71.2 Å². The van der Waals surface area contributed by atoms with E-state index in [4.69, 9.17) is 15.3 Å². The zero-order chi connectivity index (χ0) is 22.3. The van der Waals surface area contributed by atoms with Gasteiger partial charge in [-0.25, -0.2) is 0 Å². The number of nitrogens with one attached hydrogen (secondary N) is 1. The second-order valence-corrected chi connectivity index (χ2v) is 8.30. The number of anilines is 1. The number of amides is 2. The maximum absolute atomic E-state index is 13.6. The van der Waals surface area contributed by atoms with Gasteiger partial charge in [-0.3, -0.25) is 14.4 Å². The molecule has 3 aromatic rings. The molecule has 0 saturated carbocycles. The van der Waals surface area contributed by atoms with Gasteiger partial charge in [0.1, 0.15) is 17.4 Å². The summed E-state index contributed by atoms with van der Waals surface area (Å²) in [5.41, 5.74) is 5.63. The fourth-order valence-electron chi connectivity index (χ4n) is 4.02. The minimum atomic E-state index is -1.59. The van der Waals surface area contributed by atoms with Crippen molar-refractivity contribution < 1.29 is 24.0 Å². The molecule has 8 nitrogen and oxygen atoms in total. The Morgan fingerprint density at radius 2 is 1.91 bits per heavy atom. The van der Waals surface area contributed by atoms with Gasteiger partial charge in [-0.1, -0.05) is 29.4 Å². The summed E-state index contributed by atoms with van der Waals surface area (Å²) >= 11 is 1.30. The molecule has 5 rings (SSSR count). The predicted octanol–water partition coefficient (Wildman–Crippen LogP) is 2.69. The van der Waals surface area contributed by atoms with Gasteiger partial charge in [-0.15, -0.1) is 11.3 Å². The van der Waals surface area contributed by atoms with Crippen molar-refractivity contribution in [2.75, 3.05) is 11.9 Å². The molecule has 0 bridgehead atoms. The van der Waals surface area contributed by atoms with Gasteiger partial charge in [0, 0.05) is 16.8 Å². The number of benzene rings is 2. The van der Waals surface area contributed by atoms with E-state index in [1.54, 1.807) is 66.0 Å². The number of thiophene rings is 1. The van der Waals surface area contributed by atoms with Crippen molar-refractivity contribution in [2.45, 2.75) is 5.60 Å². The van der Waals surface area contributed by atoms with Gasteiger partial charge >= 0.3 is 0 Å². The smallest absolute Gasteiger partial charge is 0.277 e. The van der Waals surface area contributed by atoms with E-state index in [-0.39, 0.29) is 12.4 Å². The number of oxime groups is 1. The Balaban J connectivity index is 1.57. The number of para-hydroxylation sites is 1. The monoisotopic (exact) mass is 447 g/mol. The summed E-state index contributed by atoms with van der Waals surface area (Å²) in [6.07, 6.45) is 0. The molecule has 0 radical (unpaired) electrons. The van der Waals surface area contributed by atoms with Crippen molar-refractivity contribution in [2.24, 2.45) is 16.8 Å². The van der Waals surface area contributed by atoms with Crippen LogP contribution in [0.5, 0.6) is 5.75 Å². The third kappa shape index (κ3) is 3.05. The highest BCUT2D eigenvalue weighted by atomic mass is 32.1. The molecular formula is C23H17N3O5S. The van der Waals surface area contributed by atoms with Crippen LogP contribution in [0.4, 0.5) is 5.69 Å². The van der Waals surface area contributed by atoms with Crippen LogP contribution in [-0.2, 0) is 20.0 Å². The lowest BCUT2D eigenvalue weighted by Gasteiger charge is -2.26. The van der Waals surface area contributed by atoms with Crippen LogP contribution in [0.2, 0.25) is 0 Å². The van der Waals surface area contributed by atoms with Crippen LogP contribution >= 0.6 is 11.3 Å². The lowest BCUT2D eigenvalue weighted by molar-refractivity contribution is -0.140. The summed E-state index contributed by atoms with van der Waals surface area (Å²) in [5.74, 6) is -1.82. The summed E-state index contributed by atoms with van der Waals surface area (Å²) < 4.78 is 5.30. The number of ketones is 1. The quantitative estimate of drug-likeness (QED) is 0.563. The van der Waals surface area contributed by atoms with Crippen LogP contribution in [0.1, 0.15) is 20.8 Å². The van der Waals surface area contributed by atoms with Crippen molar-refractivity contribution in [1.29, 1.82) is 0 Å². The van der Waals surface area contributed by atoms with E-state index < -0.39 is 23.3 Å². The zero-order valence-electron chi connectivity index (χ0n) is 16.6. The molecule has 32 heavy (non-hydrogen) atoms. The number of rotatable bonds is 6. The van der Waals surface area contributed by atoms with Gasteiger partial charge in [0.05, 0.1) is 4.88 Å². The van der Waals surface area contributed by atoms with Crippen molar-refractivity contribution >= 4 is 40.3 Å². The first-order valence-corrected chi connectivity index (χ1v) is 10.6. The average Bonchev–Trinajstić information content (AvgIpc) is 3.52. The number of nitrogens with zero attached hydrogens (tertiary/aromatic N) is 1. The Hall–Kier alpha value is -3.98. The number of Topliss-reactive ketones (excluding diaryl/α,β-unsaturated/α-hetero) is 1. The van der Waals surface area contributed by atoms with E-state index in [0.717, 1.165) is 0 Å². The van der Waals surface area contributed by atoms with E-state index in [2.05, 4.69) is 10.5 Å². The molecule has 0 unspecified atom stereocenters. The Morgan fingerprint density at radius 3 is 2.62 bits per heavy atom. The lowest BCUT2D eigenvalue weighted by Crippen LogP contribution is -2.46. The minimum absolute atomic E-state index is 0.247. The summed E-state index contributed by atoms with van der Waals surface area (Å²) in [6.45, 7) is -0.247. The van der Waals surface area contributed by atoms with E-state index in [1.807, 2.05) is 0 Å². The molecule has 0 aliphatic carbocycles. The molecule has 2 aliphatic rings. The summed E-state index contributed by atoms with van der Waals surface area (Å²) in [5, 5.41) is 8.86. The number of carbonyl (C=O) groups is 3. The summed E-state index contributed by atoms with van der Waals surface area (Å²) in [6, 6.07) is 17.3. The zero-order valence-corrected chi connectivity index (χ0v) is 17.4. The number of hydrogen-bond donors (Lipinski definition) is 2.